The number of nitrogens with zero attached hydrogens (tertiary/aromatic N) is 3. The van der Waals surface area contributed by atoms with Gasteiger partial charge in [-0.15, -0.1) is 0 Å². The highest BCUT2D eigenvalue weighted by atomic mass is 16.2. The highest BCUT2D eigenvalue weighted by molar-refractivity contribution is 5.97. The van der Waals surface area contributed by atoms with E-state index in [-0.39, 0.29) is 24.4 Å². The second-order valence-corrected chi connectivity index (χ2v) is 6.79. The van der Waals surface area contributed by atoms with Crippen molar-refractivity contribution in [2.45, 2.75) is 33.2 Å². The zero-order chi connectivity index (χ0) is 18.4. The molecule has 2 amide bonds. The molecule has 6 nitrogen and oxygen atoms in total. The lowest BCUT2D eigenvalue weighted by atomic mass is 10.2. The summed E-state index contributed by atoms with van der Waals surface area (Å²) in [6, 6.07) is 8.02. The van der Waals surface area contributed by atoms with Crippen LogP contribution < -0.4 is 15.1 Å². The molecule has 0 saturated carbocycles. The summed E-state index contributed by atoms with van der Waals surface area (Å²) < 4.78 is 0. The molecule has 0 aliphatic carbocycles. The fourth-order valence-electron chi connectivity index (χ4n) is 2.86. The van der Waals surface area contributed by atoms with Gasteiger partial charge in [0.05, 0.1) is 0 Å². The molecule has 1 unspecified atom stereocenters. The molecule has 1 saturated heterocycles. The largest absolute Gasteiger partial charge is 0.369 e. The van der Waals surface area contributed by atoms with Crippen molar-refractivity contribution < 1.29 is 9.59 Å². The number of benzene rings is 1. The minimum atomic E-state index is -0.133. The Balaban J connectivity index is 2.03. The molecule has 1 aromatic carbocycles. The summed E-state index contributed by atoms with van der Waals surface area (Å²) in [5, 5.41) is 2.91. The van der Waals surface area contributed by atoms with E-state index < -0.39 is 0 Å². The lowest BCUT2D eigenvalue weighted by Gasteiger charge is -2.34. The van der Waals surface area contributed by atoms with Crippen LogP contribution in [0, 0.1) is 0 Å². The van der Waals surface area contributed by atoms with Crippen LogP contribution in [0.15, 0.2) is 24.3 Å². The summed E-state index contributed by atoms with van der Waals surface area (Å²) in [7, 11) is 2.13. The van der Waals surface area contributed by atoms with Crippen LogP contribution in [0.25, 0.3) is 0 Å². The lowest BCUT2D eigenvalue weighted by molar-refractivity contribution is -0.123. The van der Waals surface area contributed by atoms with Crippen molar-refractivity contribution in [3.05, 3.63) is 24.3 Å². The van der Waals surface area contributed by atoms with Crippen LogP contribution in [0.3, 0.4) is 0 Å². The summed E-state index contributed by atoms with van der Waals surface area (Å²) in [6.45, 7) is 9.63. The number of likely N-dealkylation sites (N-methyl/N-ethyl adjacent to an activating group) is 1. The monoisotopic (exact) mass is 346 g/mol. The van der Waals surface area contributed by atoms with E-state index in [1.54, 1.807) is 0 Å². The van der Waals surface area contributed by atoms with E-state index in [1.165, 1.54) is 11.8 Å². The van der Waals surface area contributed by atoms with Gasteiger partial charge in [-0.25, -0.2) is 0 Å². The number of carbonyl (C=O) groups is 2. The summed E-state index contributed by atoms with van der Waals surface area (Å²) in [5.41, 5.74) is 1.91. The van der Waals surface area contributed by atoms with Crippen LogP contribution >= 0.6 is 0 Å². The Morgan fingerprint density at radius 2 is 1.76 bits per heavy atom. The molecule has 0 radical (unpaired) electrons. The van der Waals surface area contributed by atoms with Crippen LogP contribution in [0.5, 0.6) is 0 Å². The van der Waals surface area contributed by atoms with Crippen LogP contribution in [0.1, 0.15) is 27.2 Å². The van der Waals surface area contributed by atoms with Crippen LogP contribution in [-0.4, -0.2) is 62.5 Å². The standard InChI is InChI=1S/C19H30N4O2/c1-5-15(2)20-19(25)14-23(16(3)24)18-8-6-17(7-9-18)22-12-10-21(4)11-13-22/h6-9,15H,5,10-14H2,1-4H3,(H,20,25). The number of amides is 2. The minimum Gasteiger partial charge on any atom is -0.369 e. The van der Waals surface area contributed by atoms with Gasteiger partial charge in [0.1, 0.15) is 6.54 Å². The molecule has 1 aliphatic rings. The molecule has 0 spiro atoms. The normalized spacial score (nSPS) is 16.4. The Hall–Kier alpha value is -2.08. The molecule has 1 aliphatic heterocycles. The second kappa shape index (κ2) is 8.85. The maximum Gasteiger partial charge on any atom is 0.240 e. The summed E-state index contributed by atoms with van der Waals surface area (Å²) in [4.78, 5) is 30.3. The van der Waals surface area contributed by atoms with E-state index in [4.69, 9.17) is 0 Å². The molecule has 6 heteroatoms. The van der Waals surface area contributed by atoms with Crippen LogP contribution in [0.2, 0.25) is 0 Å². The quantitative estimate of drug-likeness (QED) is 0.852. The molecule has 1 N–H and O–H groups in total. The highest BCUT2D eigenvalue weighted by Gasteiger charge is 2.18. The van der Waals surface area contributed by atoms with Crippen molar-refractivity contribution in [1.82, 2.24) is 10.2 Å². The lowest BCUT2D eigenvalue weighted by Crippen LogP contribution is -2.44. The highest BCUT2D eigenvalue weighted by Crippen LogP contribution is 2.22. The zero-order valence-electron chi connectivity index (χ0n) is 15.8. The first-order valence-electron chi connectivity index (χ1n) is 9.01. The summed E-state index contributed by atoms with van der Waals surface area (Å²) in [6.07, 6.45) is 0.867. The van der Waals surface area contributed by atoms with E-state index in [0.29, 0.717) is 0 Å². The Bertz CT molecular complexity index is 580. The van der Waals surface area contributed by atoms with Crippen molar-refractivity contribution in [2.24, 2.45) is 0 Å². The van der Waals surface area contributed by atoms with Gasteiger partial charge in [0, 0.05) is 50.5 Å². The smallest absolute Gasteiger partial charge is 0.240 e. The Kier molecular flexibility index (Phi) is 6.82. The van der Waals surface area contributed by atoms with Crippen molar-refractivity contribution in [3.63, 3.8) is 0 Å². The molecule has 0 bridgehead atoms. The minimum absolute atomic E-state index is 0.0491. The fourth-order valence-corrected chi connectivity index (χ4v) is 2.86. The van der Waals surface area contributed by atoms with Crippen molar-refractivity contribution in [3.8, 4) is 0 Å². The van der Waals surface area contributed by atoms with E-state index in [9.17, 15) is 9.59 Å². The van der Waals surface area contributed by atoms with Gasteiger partial charge in [0.25, 0.3) is 0 Å². The molecule has 2 rings (SSSR count). The SMILES string of the molecule is CCC(C)NC(=O)CN(C(C)=O)c1ccc(N2CCN(C)CC2)cc1. The Morgan fingerprint density at radius 1 is 1.16 bits per heavy atom. The van der Waals surface area contributed by atoms with Gasteiger partial charge in [0.15, 0.2) is 0 Å². The van der Waals surface area contributed by atoms with Gasteiger partial charge in [-0.2, -0.15) is 0 Å². The maximum atomic E-state index is 12.1. The van der Waals surface area contributed by atoms with Crippen molar-refractivity contribution >= 4 is 23.2 Å². The first-order valence-corrected chi connectivity index (χ1v) is 9.01. The third-order valence-electron chi connectivity index (χ3n) is 4.73. The summed E-state index contributed by atoms with van der Waals surface area (Å²) >= 11 is 0. The number of rotatable bonds is 6. The predicted molar refractivity (Wildman–Crippen MR) is 102 cm³/mol. The molecule has 0 aromatic heterocycles. The molecular formula is C19H30N4O2. The molecule has 1 heterocycles. The van der Waals surface area contributed by atoms with Gasteiger partial charge in [-0.3, -0.25) is 9.59 Å². The number of carbonyl (C=O) groups excluding carboxylic acids is 2. The number of anilines is 2. The Labute approximate surface area is 150 Å². The first-order chi connectivity index (χ1) is 11.9. The van der Waals surface area contributed by atoms with Gasteiger partial charge in [-0.05, 0) is 44.7 Å². The van der Waals surface area contributed by atoms with Crippen LogP contribution in [0.4, 0.5) is 11.4 Å². The average Bonchev–Trinajstić information content (AvgIpc) is 2.60. The Morgan fingerprint density at radius 3 is 2.28 bits per heavy atom. The fraction of sp³-hybridized carbons (Fsp3) is 0.579. The number of piperazine rings is 1. The zero-order valence-corrected chi connectivity index (χ0v) is 15.8. The molecule has 25 heavy (non-hydrogen) atoms. The first kappa shape index (κ1) is 19.2. The molecule has 1 atom stereocenters. The molecule has 1 aromatic rings. The number of hydrogen-bond donors (Lipinski definition) is 1. The topological polar surface area (TPSA) is 55.9 Å². The predicted octanol–water partition coefficient (Wildman–Crippen LogP) is 1.71. The van der Waals surface area contributed by atoms with Gasteiger partial charge in [-0.1, -0.05) is 6.92 Å². The van der Waals surface area contributed by atoms with Gasteiger partial charge < -0.3 is 20.0 Å². The maximum absolute atomic E-state index is 12.1. The number of nitrogens with one attached hydrogen (secondary N) is 1. The van der Waals surface area contributed by atoms with E-state index >= 15 is 0 Å². The second-order valence-electron chi connectivity index (χ2n) is 6.79. The number of hydrogen-bond acceptors (Lipinski definition) is 4. The third-order valence-corrected chi connectivity index (χ3v) is 4.73. The van der Waals surface area contributed by atoms with Gasteiger partial charge >= 0.3 is 0 Å². The average molecular weight is 346 g/mol. The molecule has 138 valence electrons. The van der Waals surface area contributed by atoms with E-state index in [0.717, 1.165) is 44.0 Å². The summed E-state index contributed by atoms with van der Waals surface area (Å²) in [5.74, 6) is -0.264. The van der Waals surface area contributed by atoms with Crippen molar-refractivity contribution in [2.75, 3.05) is 49.6 Å². The van der Waals surface area contributed by atoms with E-state index in [2.05, 4.69) is 22.2 Å². The van der Waals surface area contributed by atoms with E-state index in [1.807, 2.05) is 38.1 Å². The molecule has 1 fully saturated rings. The third kappa shape index (κ3) is 5.46. The molecular weight excluding hydrogens is 316 g/mol. The van der Waals surface area contributed by atoms with Crippen molar-refractivity contribution in [1.29, 1.82) is 0 Å². The van der Waals surface area contributed by atoms with Gasteiger partial charge in [0.2, 0.25) is 11.8 Å². The van der Waals surface area contributed by atoms with Crippen LogP contribution in [-0.2, 0) is 9.59 Å².